The average Bonchev–Trinajstić information content (AvgIpc) is 3.04. The van der Waals surface area contributed by atoms with Crippen molar-refractivity contribution in [3.05, 3.63) is 28.8 Å². The molecule has 1 aromatic carbocycles. The fourth-order valence-corrected chi connectivity index (χ4v) is 1.77. The highest BCUT2D eigenvalue weighted by atomic mass is 35.5. The molecule has 1 aliphatic rings. The molecule has 4 nitrogen and oxygen atoms in total. The summed E-state index contributed by atoms with van der Waals surface area (Å²) in [5.41, 5.74) is 0.677. The number of carboxylic acid groups (broad SMARTS) is 1. The van der Waals surface area contributed by atoms with Crippen LogP contribution in [0.1, 0.15) is 23.2 Å². The Morgan fingerprint density at radius 2 is 2.18 bits per heavy atom. The quantitative estimate of drug-likeness (QED) is 0.737. The second-order valence-electron chi connectivity index (χ2n) is 3.87. The van der Waals surface area contributed by atoms with Gasteiger partial charge in [0, 0.05) is 6.04 Å². The van der Waals surface area contributed by atoms with E-state index < -0.39 is 5.97 Å². The van der Waals surface area contributed by atoms with E-state index in [1.807, 2.05) is 0 Å². The van der Waals surface area contributed by atoms with Crippen molar-refractivity contribution in [3.8, 4) is 0 Å². The van der Waals surface area contributed by atoms with E-state index in [1.165, 1.54) is 18.2 Å². The van der Waals surface area contributed by atoms with Crippen LogP contribution in [-0.4, -0.2) is 22.2 Å². The zero-order valence-electron chi connectivity index (χ0n) is 8.87. The highest BCUT2D eigenvalue weighted by molar-refractivity contribution is 7.80. The molecular formula is C11H11ClN2O2S. The summed E-state index contributed by atoms with van der Waals surface area (Å²) in [4.78, 5) is 10.8. The molecule has 0 amide bonds. The van der Waals surface area contributed by atoms with E-state index in [9.17, 15) is 4.79 Å². The minimum absolute atomic E-state index is 0.172. The molecule has 2 rings (SSSR count). The molecule has 0 spiro atoms. The van der Waals surface area contributed by atoms with Crippen molar-refractivity contribution in [2.45, 2.75) is 18.9 Å². The largest absolute Gasteiger partial charge is 0.478 e. The third-order valence-electron chi connectivity index (χ3n) is 2.37. The smallest absolute Gasteiger partial charge is 0.335 e. The fourth-order valence-electron chi connectivity index (χ4n) is 1.33. The van der Waals surface area contributed by atoms with Crippen LogP contribution in [-0.2, 0) is 0 Å². The molecule has 1 aliphatic carbocycles. The lowest BCUT2D eigenvalue weighted by Crippen LogP contribution is -2.30. The first-order valence-corrected chi connectivity index (χ1v) is 5.95. The molecular weight excluding hydrogens is 260 g/mol. The predicted molar refractivity (Wildman–Crippen MR) is 70.8 cm³/mol. The summed E-state index contributed by atoms with van der Waals surface area (Å²) in [6, 6.07) is 4.89. The van der Waals surface area contributed by atoms with Crippen LogP contribution in [0.3, 0.4) is 0 Å². The van der Waals surface area contributed by atoms with Crippen LogP contribution in [0.2, 0.25) is 5.02 Å². The second kappa shape index (κ2) is 4.89. The molecule has 0 atom stereocenters. The van der Waals surface area contributed by atoms with E-state index in [1.54, 1.807) is 0 Å². The first-order valence-electron chi connectivity index (χ1n) is 5.16. The van der Waals surface area contributed by atoms with Gasteiger partial charge in [-0.1, -0.05) is 11.6 Å². The summed E-state index contributed by atoms with van der Waals surface area (Å²) in [5.74, 6) is -0.995. The maximum Gasteiger partial charge on any atom is 0.335 e. The van der Waals surface area contributed by atoms with E-state index in [0.717, 1.165) is 12.8 Å². The standard InChI is InChI=1S/C11H11ClN2O2S/c12-8-4-1-6(10(15)16)5-9(8)14-11(17)13-7-2-3-7/h1,4-5,7H,2-3H2,(H,15,16)(H2,13,14,17). The maximum atomic E-state index is 10.8. The molecule has 3 N–H and O–H groups in total. The Morgan fingerprint density at radius 3 is 2.76 bits per heavy atom. The number of hydrogen-bond donors (Lipinski definition) is 3. The molecule has 0 aromatic heterocycles. The van der Waals surface area contributed by atoms with Crippen LogP contribution in [0, 0.1) is 0 Å². The Bertz CT molecular complexity index is 475. The van der Waals surface area contributed by atoms with Crippen molar-refractivity contribution < 1.29 is 9.90 Å². The fraction of sp³-hybridized carbons (Fsp3) is 0.273. The van der Waals surface area contributed by atoms with Crippen molar-refractivity contribution in [1.29, 1.82) is 0 Å². The molecule has 1 aromatic rings. The van der Waals surface area contributed by atoms with Gasteiger partial charge >= 0.3 is 5.97 Å². The zero-order chi connectivity index (χ0) is 12.4. The van der Waals surface area contributed by atoms with E-state index in [-0.39, 0.29) is 5.56 Å². The molecule has 1 fully saturated rings. The van der Waals surface area contributed by atoms with Gasteiger partial charge in [-0.05, 0) is 43.3 Å². The van der Waals surface area contributed by atoms with Gasteiger partial charge in [0.25, 0.3) is 0 Å². The summed E-state index contributed by atoms with van der Waals surface area (Å²) in [5, 5.41) is 15.8. The summed E-state index contributed by atoms with van der Waals surface area (Å²) in [6.07, 6.45) is 2.23. The Labute approximate surface area is 109 Å². The number of carboxylic acids is 1. The third-order valence-corrected chi connectivity index (χ3v) is 2.92. The number of benzene rings is 1. The van der Waals surface area contributed by atoms with Gasteiger partial charge < -0.3 is 15.7 Å². The minimum Gasteiger partial charge on any atom is -0.478 e. The van der Waals surface area contributed by atoms with Crippen LogP contribution in [0.25, 0.3) is 0 Å². The first-order chi connectivity index (χ1) is 8.06. The van der Waals surface area contributed by atoms with Gasteiger partial charge in [-0.25, -0.2) is 4.79 Å². The molecule has 0 bridgehead atoms. The topological polar surface area (TPSA) is 61.4 Å². The number of halogens is 1. The van der Waals surface area contributed by atoms with E-state index in [2.05, 4.69) is 10.6 Å². The Balaban J connectivity index is 2.09. The number of nitrogens with one attached hydrogen (secondary N) is 2. The normalized spacial score (nSPS) is 14.2. The molecule has 0 aliphatic heterocycles. The summed E-state index contributed by atoms with van der Waals surface area (Å²) in [6.45, 7) is 0. The number of hydrogen-bond acceptors (Lipinski definition) is 2. The Kier molecular flexibility index (Phi) is 3.49. The molecule has 1 saturated carbocycles. The third kappa shape index (κ3) is 3.31. The highest BCUT2D eigenvalue weighted by Gasteiger charge is 2.22. The molecule has 0 radical (unpaired) electrons. The lowest BCUT2D eigenvalue weighted by molar-refractivity contribution is 0.0697. The first kappa shape index (κ1) is 12.1. The van der Waals surface area contributed by atoms with Gasteiger partial charge in [0.05, 0.1) is 16.3 Å². The lowest BCUT2D eigenvalue weighted by atomic mass is 10.2. The Hall–Kier alpha value is -1.33. The number of carbonyl (C=O) groups is 1. The summed E-state index contributed by atoms with van der Waals surface area (Å²) >= 11 is 11.0. The van der Waals surface area contributed by atoms with Gasteiger partial charge in [-0.2, -0.15) is 0 Å². The van der Waals surface area contributed by atoms with E-state index in [4.69, 9.17) is 28.9 Å². The number of rotatable bonds is 3. The number of thiocarbonyl (C=S) groups is 1. The van der Waals surface area contributed by atoms with Gasteiger partial charge in [-0.15, -0.1) is 0 Å². The molecule has 17 heavy (non-hydrogen) atoms. The monoisotopic (exact) mass is 270 g/mol. The number of aromatic carboxylic acids is 1. The lowest BCUT2D eigenvalue weighted by Gasteiger charge is -2.11. The Morgan fingerprint density at radius 1 is 1.47 bits per heavy atom. The average molecular weight is 271 g/mol. The van der Waals surface area contributed by atoms with Crippen molar-refractivity contribution in [1.82, 2.24) is 5.32 Å². The second-order valence-corrected chi connectivity index (χ2v) is 4.69. The zero-order valence-corrected chi connectivity index (χ0v) is 10.4. The molecule has 90 valence electrons. The summed E-state index contributed by atoms with van der Waals surface area (Å²) in [7, 11) is 0. The summed E-state index contributed by atoms with van der Waals surface area (Å²) < 4.78 is 0. The van der Waals surface area contributed by atoms with Gasteiger partial charge in [0.15, 0.2) is 5.11 Å². The van der Waals surface area contributed by atoms with E-state index >= 15 is 0 Å². The van der Waals surface area contributed by atoms with Gasteiger partial charge in [0.2, 0.25) is 0 Å². The molecule has 0 unspecified atom stereocenters. The molecule has 0 heterocycles. The number of anilines is 1. The molecule has 0 saturated heterocycles. The van der Waals surface area contributed by atoms with Crippen molar-refractivity contribution in [3.63, 3.8) is 0 Å². The van der Waals surface area contributed by atoms with Crippen LogP contribution in [0.5, 0.6) is 0 Å². The minimum atomic E-state index is -0.995. The van der Waals surface area contributed by atoms with Gasteiger partial charge in [0.1, 0.15) is 0 Å². The van der Waals surface area contributed by atoms with Gasteiger partial charge in [-0.3, -0.25) is 0 Å². The van der Waals surface area contributed by atoms with E-state index in [0.29, 0.717) is 21.9 Å². The predicted octanol–water partition coefficient (Wildman–Crippen LogP) is 2.49. The highest BCUT2D eigenvalue weighted by Crippen LogP contribution is 2.24. The van der Waals surface area contributed by atoms with Crippen molar-refractivity contribution >= 4 is 40.6 Å². The van der Waals surface area contributed by atoms with Crippen LogP contribution in [0.15, 0.2) is 18.2 Å². The maximum absolute atomic E-state index is 10.8. The van der Waals surface area contributed by atoms with Crippen molar-refractivity contribution in [2.24, 2.45) is 0 Å². The van der Waals surface area contributed by atoms with Crippen LogP contribution >= 0.6 is 23.8 Å². The van der Waals surface area contributed by atoms with Crippen molar-refractivity contribution in [2.75, 3.05) is 5.32 Å². The molecule has 6 heteroatoms. The van der Waals surface area contributed by atoms with Crippen LogP contribution in [0.4, 0.5) is 5.69 Å². The SMILES string of the molecule is O=C(O)c1ccc(Cl)c(NC(=S)NC2CC2)c1. The van der Waals surface area contributed by atoms with Crippen LogP contribution < -0.4 is 10.6 Å².